The molecule has 0 spiro atoms. The Morgan fingerprint density at radius 1 is 0.583 bits per heavy atom. The molecule has 0 bridgehead atoms. The first-order valence-corrected chi connectivity index (χ1v) is 9.13. The maximum atomic E-state index is 2.42. The second kappa shape index (κ2) is 5.92. The molecule has 1 aromatic carbocycles. The molecule has 3 rings (SSSR count). The van der Waals surface area contributed by atoms with Crippen LogP contribution < -0.4 is 0 Å². The standard InChI is InChI=1S/C24H30/c1-13-14(2)18(6)23(17(13)5)21-10-9-11-22(12-21)24-19(7)15(3)16(4)20(24)8/h9-12,17,19H,1-8H3. The lowest BCUT2D eigenvalue weighted by molar-refractivity contribution is 0.890. The highest BCUT2D eigenvalue weighted by Crippen LogP contribution is 2.45. The molecule has 0 saturated carbocycles. The summed E-state index contributed by atoms with van der Waals surface area (Å²) in [5, 5.41) is 0. The fourth-order valence-electron chi connectivity index (χ4n) is 4.51. The minimum atomic E-state index is 0.526. The molecule has 1 aromatic rings. The molecule has 0 saturated heterocycles. The topological polar surface area (TPSA) is 0 Å². The van der Waals surface area contributed by atoms with Gasteiger partial charge >= 0.3 is 0 Å². The van der Waals surface area contributed by atoms with Crippen LogP contribution in [-0.4, -0.2) is 0 Å². The number of allylic oxidation sites excluding steroid dienone is 8. The molecule has 2 aliphatic carbocycles. The Bertz CT molecular complexity index is 769. The van der Waals surface area contributed by atoms with E-state index in [1.165, 1.54) is 55.7 Å². The van der Waals surface area contributed by atoms with Gasteiger partial charge < -0.3 is 0 Å². The normalized spacial score (nSPS) is 24.8. The van der Waals surface area contributed by atoms with Crippen molar-refractivity contribution in [3.05, 3.63) is 68.8 Å². The van der Waals surface area contributed by atoms with Gasteiger partial charge in [-0.1, -0.05) is 43.2 Å². The lowest BCUT2D eigenvalue weighted by Gasteiger charge is -2.17. The van der Waals surface area contributed by atoms with Crippen LogP contribution in [0.15, 0.2) is 57.7 Å². The molecule has 24 heavy (non-hydrogen) atoms. The highest BCUT2D eigenvalue weighted by molar-refractivity contribution is 5.84. The average Bonchev–Trinajstić information content (AvgIpc) is 2.88. The van der Waals surface area contributed by atoms with Crippen LogP contribution in [0.1, 0.15) is 66.5 Å². The summed E-state index contributed by atoms with van der Waals surface area (Å²) in [7, 11) is 0. The molecule has 0 heterocycles. The maximum Gasteiger partial charge on any atom is 0.00315 e. The third-order valence-electron chi connectivity index (χ3n) is 6.77. The van der Waals surface area contributed by atoms with Gasteiger partial charge in [0.25, 0.3) is 0 Å². The zero-order valence-electron chi connectivity index (χ0n) is 16.5. The van der Waals surface area contributed by atoms with E-state index in [1.807, 2.05) is 0 Å². The SMILES string of the molecule is CC1=C(C)C(C)C(c2cccc(C3=C(C)C(C)=C(C)C3C)c2)=C1C. The number of hydrogen-bond donors (Lipinski definition) is 0. The maximum absolute atomic E-state index is 2.42. The summed E-state index contributed by atoms with van der Waals surface area (Å²) >= 11 is 0. The van der Waals surface area contributed by atoms with Gasteiger partial charge in [0.15, 0.2) is 0 Å². The van der Waals surface area contributed by atoms with Gasteiger partial charge in [-0.2, -0.15) is 0 Å². The molecule has 0 N–H and O–H groups in total. The zero-order chi connectivity index (χ0) is 17.8. The second-order valence-electron chi connectivity index (χ2n) is 7.72. The monoisotopic (exact) mass is 318 g/mol. The molecule has 2 atom stereocenters. The summed E-state index contributed by atoms with van der Waals surface area (Å²) in [5.41, 5.74) is 14.7. The van der Waals surface area contributed by atoms with E-state index in [4.69, 9.17) is 0 Å². The molecule has 0 heteroatoms. The summed E-state index contributed by atoms with van der Waals surface area (Å²) in [6, 6.07) is 9.22. The summed E-state index contributed by atoms with van der Waals surface area (Å²) < 4.78 is 0. The minimum Gasteiger partial charge on any atom is -0.0629 e. The Balaban J connectivity index is 2.08. The molecular weight excluding hydrogens is 288 g/mol. The molecule has 2 aliphatic rings. The predicted octanol–water partition coefficient (Wildman–Crippen LogP) is 7.21. The van der Waals surface area contributed by atoms with Gasteiger partial charge in [-0.25, -0.2) is 0 Å². The van der Waals surface area contributed by atoms with Gasteiger partial charge in [-0.3, -0.25) is 0 Å². The molecular formula is C24H30. The lowest BCUT2D eigenvalue weighted by Crippen LogP contribution is -2.00. The van der Waals surface area contributed by atoms with Crippen molar-refractivity contribution < 1.29 is 0 Å². The van der Waals surface area contributed by atoms with Crippen molar-refractivity contribution in [2.24, 2.45) is 11.8 Å². The van der Waals surface area contributed by atoms with Crippen molar-refractivity contribution in [3.8, 4) is 0 Å². The first-order valence-electron chi connectivity index (χ1n) is 9.13. The van der Waals surface area contributed by atoms with E-state index in [0.717, 1.165) is 0 Å². The molecule has 0 aromatic heterocycles. The molecule has 2 unspecified atom stereocenters. The van der Waals surface area contributed by atoms with Gasteiger partial charge in [0.05, 0.1) is 0 Å². The fourth-order valence-corrected chi connectivity index (χ4v) is 4.51. The first kappa shape index (κ1) is 17.0. The van der Waals surface area contributed by atoms with Crippen LogP contribution in [0, 0.1) is 11.8 Å². The van der Waals surface area contributed by atoms with Crippen molar-refractivity contribution in [1.29, 1.82) is 0 Å². The molecule has 0 radical (unpaired) electrons. The van der Waals surface area contributed by atoms with Crippen molar-refractivity contribution in [2.75, 3.05) is 0 Å². The van der Waals surface area contributed by atoms with Crippen LogP contribution in [0.25, 0.3) is 11.1 Å². The van der Waals surface area contributed by atoms with Crippen molar-refractivity contribution in [1.82, 2.24) is 0 Å². The van der Waals surface area contributed by atoms with Gasteiger partial charge in [0, 0.05) is 11.8 Å². The summed E-state index contributed by atoms with van der Waals surface area (Å²) in [4.78, 5) is 0. The van der Waals surface area contributed by atoms with Crippen LogP contribution in [0.2, 0.25) is 0 Å². The molecule has 0 nitrogen and oxygen atoms in total. The Morgan fingerprint density at radius 2 is 0.958 bits per heavy atom. The molecule has 126 valence electrons. The van der Waals surface area contributed by atoms with Crippen LogP contribution in [0.3, 0.4) is 0 Å². The largest absolute Gasteiger partial charge is 0.0629 e. The minimum absolute atomic E-state index is 0.526. The Kier molecular flexibility index (Phi) is 4.20. The van der Waals surface area contributed by atoms with Crippen molar-refractivity contribution in [3.63, 3.8) is 0 Å². The zero-order valence-corrected chi connectivity index (χ0v) is 16.5. The quantitative estimate of drug-likeness (QED) is 0.540. The van der Waals surface area contributed by atoms with Gasteiger partial charge in [0.2, 0.25) is 0 Å². The first-order chi connectivity index (χ1) is 11.3. The van der Waals surface area contributed by atoms with Crippen LogP contribution in [-0.2, 0) is 0 Å². The number of hydrogen-bond acceptors (Lipinski definition) is 0. The molecule has 0 fully saturated rings. The highest BCUT2D eigenvalue weighted by Gasteiger charge is 2.27. The third-order valence-corrected chi connectivity index (χ3v) is 6.77. The Hall–Kier alpha value is -1.82. The van der Waals surface area contributed by atoms with E-state index in [2.05, 4.69) is 79.7 Å². The second-order valence-corrected chi connectivity index (χ2v) is 7.72. The van der Waals surface area contributed by atoms with E-state index < -0.39 is 0 Å². The number of rotatable bonds is 2. The Morgan fingerprint density at radius 3 is 1.25 bits per heavy atom. The van der Waals surface area contributed by atoms with E-state index in [1.54, 1.807) is 0 Å². The van der Waals surface area contributed by atoms with E-state index >= 15 is 0 Å². The third kappa shape index (κ3) is 2.35. The van der Waals surface area contributed by atoms with Crippen molar-refractivity contribution in [2.45, 2.75) is 55.4 Å². The van der Waals surface area contributed by atoms with E-state index in [0.29, 0.717) is 11.8 Å². The summed E-state index contributed by atoms with van der Waals surface area (Å²) in [5.74, 6) is 1.05. The van der Waals surface area contributed by atoms with Crippen molar-refractivity contribution >= 4 is 11.1 Å². The van der Waals surface area contributed by atoms with E-state index in [9.17, 15) is 0 Å². The fraction of sp³-hybridized carbons (Fsp3) is 0.417. The summed E-state index contributed by atoms with van der Waals surface area (Å²) in [6.45, 7) is 18.3. The number of benzene rings is 1. The van der Waals surface area contributed by atoms with Gasteiger partial charge in [-0.05, 0) is 92.2 Å². The highest BCUT2D eigenvalue weighted by atomic mass is 14.3. The predicted molar refractivity (Wildman–Crippen MR) is 107 cm³/mol. The van der Waals surface area contributed by atoms with E-state index in [-0.39, 0.29) is 0 Å². The van der Waals surface area contributed by atoms with Crippen LogP contribution in [0.5, 0.6) is 0 Å². The van der Waals surface area contributed by atoms with Gasteiger partial charge in [0.1, 0.15) is 0 Å². The average molecular weight is 319 g/mol. The van der Waals surface area contributed by atoms with Gasteiger partial charge in [-0.15, -0.1) is 0 Å². The smallest absolute Gasteiger partial charge is 0.00315 e. The molecule has 0 amide bonds. The Labute approximate surface area is 147 Å². The summed E-state index contributed by atoms with van der Waals surface area (Å²) in [6.07, 6.45) is 0. The van der Waals surface area contributed by atoms with Crippen LogP contribution in [0.4, 0.5) is 0 Å². The lowest BCUT2D eigenvalue weighted by atomic mass is 9.87. The molecule has 0 aliphatic heterocycles. The van der Waals surface area contributed by atoms with Crippen LogP contribution >= 0.6 is 0 Å².